The standard InChI is InChI=1S/C19H23N3O5/c1-9(2)21-18(25)14(17(24)20-10(3)19(26)27)16(23)15-13-8-6-5-7-12(13)11(4)22(15)21/h6,8-10,23H,5,7H2,1-4H3,(H,20,24)(H,26,27)/t10-/m0/s1. The van der Waals surface area contributed by atoms with Crippen LogP contribution in [0.15, 0.2) is 10.9 Å². The van der Waals surface area contributed by atoms with Gasteiger partial charge in [0.1, 0.15) is 17.1 Å². The Morgan fingerprint density at radius 2 is 1.93 bits per heavy atom. The van der Waals surface area contributed by atoms with Crippen molar-refractivity contribution in [3.8, 4) is 5.75 Å². The van der Waals surface area contributed by atoms with Crippen molar-refractivity contribution in [1.29, 1.82) is 0 Å². The van der Waals surface area contributed by atoms with Crippen molar-refractivity contribution in [2.75, 3.05) is 0 Å². The fourth-order valence-corrected chi connectivity index (χ4v) is 3.59. The number of nitrogens with zero attached hydrogens (tertiary/aromatic N) is 2. The van der Waals surface area contributed by atoms with Gasteiger partial charge in [-0.25, -0.2) is 4.68 Å². The number of amides is 1. The van der Waals surface area contributed by atoms with Crippen LogP contribution in [0.4, 0.5) is 0 Å². The Kier molecular flexibility index (Phi) is 4.59. The maximum Gasteiger partial charge on any atom is 0.325 e. The van der Waals surface area contributed by atoms with Gasteiger partial charge in [-0.05, 0) is 46.1 Å². The van der Waals surface area contributed by atoms with E-state index in [1.165, 1.54) is 11.6 Å². The SMILES string of the molecule is Cc1c2c(c3c(O)c(C(=O)N[C@@H](C)C(=O)O)c(=O)n(C(C)C)n13)C=CCC2. The molecule has 0 saturated heterocycles. The number of allylic oxidation sites excluding steroid dienone is 1. The molecule has 1 amide bonds. The van der Waals surface area contributed by atoms with Gasteiger partial charge >= 0.3 is 5.97 Å². The molecule has 1 aliphatic carbocycles. The molecule has 27 heavy (non-hydrogen) atoms. The molecule has 1 aliphatic rings. The molecule has 0 spiro atoms. The van der Waals surface area contributed by atoms with Gasteiger partial charge in [-0.2, -0.15) is 0 Å². The molecule has 0 radical (unpaired) electrons. The first kappa shape index (κ1) is 18.8. The lowest BCUT2D eigenvalue weighted by Gasteiger charge is -2.19. The van der Waals surface area contributed by atoms with Crippen LogP contribution in [-0.4, -0.2) is 37.3 Å². The zero-order valence-corrected chi connectivity index (χ0v) is 15.7. The summed E-state index contributed by atoms with van der Waals surface area (Å²) in [7, 11) is 0. The zero-order chi connectivity index (χ0) is 20.0. The summed E-state index contributed by atoms with van der Waals surface area (Å²) in [5, 5.41) is 22.1. The van der Waals surface area contributed by atoms with Crippen LogP contribution in [-0.2, 0) is 11.2 Å². The number of nitrogens with one attached hydrogen (secondary N) is 1. The predicted molar refractivity (Wildman–Crippen MR) is 100 cm³/mol. The van der Waals surface area contributed by atoms with E-state index in [-0.39, 0.29) is 6.04 Å². The lowest BCUT2D eigenvalue weighted by Crippen LogP contribution is -2.42. The maximum atomic E-state index is 13.1. The summed E-state index contributed by atoms with van der Waals surface area (Å²) >= 11 is 0. The predicted octanol–water partition coefficient (Wildman–Crippen LogP) is 1.86. The van der Waals surface area contributed by atoms with Crippen molar-refractivity contribution in [2.24, 2.45) is 0 Å². The molecule has 2 heterocycles. The number of hydrogen-bond donors (Lipinski definition) is 3. The van der Waals surface area contributed by atoms with Crippen LogP contribution >= 0.6 is 0 Å². The average Bonchev–Trinajstić information content (AvgIpc) is 2.88. The second-order valence-electron chi connectivity index (χ2n) is 7.08. The zero-order valence-electron chi connectivity index (χ0n) is 15.7. The largest absolute Gasteiger partial charge is 0.505 e. The lowest BCUT2D eigenvalue weighted by molar-refractivity contribution is -0.138. The molecule has 0 fully saturated rings. The Balaban J connectivity index is 2.37. The van der Waals surface area contributed by atoms with Crippen LogP contribution in [0.1, 0.15) is 60.4 Å². The average molecular weight is 373 g/mol. The Morgan fingerprint density at radius 1 is 1.26 bits per heavy atom. The summed E-state index contributed by atoms with van der Waals surface area (Å²) in [4.78, 5) is 36.7. The minimum absolute atomic E-state index is 0.277. The number of aromatic hydroxyl groups is 1. The van der Waals surface area contributed by atoms with Crippen LogP contribution in [0.3, 0.4) is 0 Å². The third-order valence-electron chi connectivity index (χ3n) is 4.92. The molecular weight excluding hydrogens is 350 g/mol. The van der Waals surface area contributed by atoms with Gasteiger partial charge in [0.25, 0.3) is 11.5 Å². The second kappa shape index (κ2) is 6.61. The Hall–Kier alpha value is -3.03. The van der Waals surface area contributed by atoms with Crippen molar-refractivity contribution in [3.63, 3.8) is 0 Å². The van der Waals surface area contributed by atoms with Crippen LogP contribution in [0.2, 0.25) is 0 Å². The summed E-state index contributed by atoms with van der Waals surface area (Å²) in [6.45, 7) is 6.80. The summed E-state index contributed by atoms with van der Waals surface area (Å²) in [6.07, 6.45) is 5.51. The van der Waals surface area contributed by atoms with E-state index in [0.717, 1.165) is 29.7 Å². The first-order chi connectivity index (χ1) is 12.7. The summed E-state index contributed by atoms with van der Waals surface area (Å²) in [6, 6.07) is -1.47. The van der Waals surface area contributed by atoms with Gasteiger partial charge in [0, 0.05) is 17.3 Å². The number of aromatic nitrogens is 2. The Bertz CT molecular complexity index is 1040. The molecule has 0 bridgehead atoms. The van der Waals surface area contributed by atoms with E-state index in [2.05, 4.69) is 5.32 Å². The van der Waals surface area contributed by atoms with E-state index in [0.29, 0.717) is 5.52 Å². The molecule has 8 heteroatoms. The van der Waals surface area contributed by atoms with Crippen molar-refractivity contribution in [2.45, 2.75) is 52.6 Å². The lowest BCUT2D eigenvalue weighted by atomic mass is 9.98. The minimum Gasteiger partial charge on any atom is -0.505 e. The highest BCUT2D eigenvalue weighted by Crippen LogP contribution is 2.35. The topological polar surface area (TPSA) is 113 Å². The van der Waals surface area contributed by atoms with Gasteiger partial charge in [-0.1, -0.05) is 12.2 Å². The smallest absolute Gasteiger partial charge is 0.325 e. The van der Waals surface area contributed by atoms with Crippen LogP contribution in [0.25, 0.3) is 11.6 Å². The molecule has 144 valence electrons. The maximum absolute atomic E-state index is 13.1. The first-order valence-corrected chi connectivity index (χ1v) is 8.88. The van der Waals surface area contributed by atoms with Gasteiger partial charge in [0.2, 0.25) is 0 Å². The van der Waals surface area contributed by atoms with Crippen molar-refractivity contribution < 1.29 is 19.8 Å². The molecule has 0 unspecified atom stereocenters. The monoisotopic (exact) mass is 373 g/mol. The molecule has 3 N–H and O–H groups in total. The number of aliphatic carboxylic acids is 1. The molecule has 0 aliphatic heterocycles. The number of carbonyl (C=O) groups is 2. The van der Waals surface area contributed by atoms with Crippen LogP contribution in [0.5, 0.6) is 5.75 Å². The second-order valence-corrected chi connectivity index (χ2v) is 7.08. The summed E-state index contributed by atoms with van der Waals surface area (Å²) in [5.74, 6) is -2.56. The van der Waals surface area contributed by atoms with E-state index in [9.17, 15) is 19.5 Å². The fraction of sp³-hybridized carbons (Fsp3) is 0.421. The fourth-order valence-electron chi connectivity index (χ4n) is 3.59. The van der Waals surface area contributed by atoms with Crippen LogP contribution in [0, 0.1) is 6.92 Å². The first-order valence-electron chi connectivity index (χ1n) is 8.88. The van der Waals surface area contributed by atoms with Gasteiger partial charge < -0.3 is 15.5 Å². The normalized spacial score (nSPS) is 14.4. The third-order valence-corrected chi connectivity index (χ3v) is 4.92. The van der Waals surface area contributed by atoms with Gasteiger partial charge in [0.15, 0.2) is 5.75 Å². The third kappa shape index (κ3) is 2.81. The highest BCUT2D eigenvalue weighted by molar-refractivity contribution is 6.01. The van der Waals surface area contributed by atoms with E-state index in [1.54, 1.807) is 4.52 Å². The van der Waals surface area contributed by atoms with E-state index in [1.807, 2.05) is 32.9 Å². The Morgan fingerprint density at radius 3 is 2.52 bits per heavy atom. The number of rotatable bonds is 4. The van der Waals surface area contributed by atoms with Gasteiger partial charge in [-0.3, -0.25) is 18.9 Å². The molecule has 1 atom stereocenters. The number of carboxylic acids is 1. The number of fused-ring (bicyclic) bond motifs is 3. The molecule has 3 rings (SSSR count). The number of carbonyl (C=O) groups excluding carboxylic acids is 1. The molecule has 0 aromatic carbocycles. The molecule has 8 nitrogen and oxygen atoms in total. The highest BCUT2D eigenvalue weighted by Gasteiger charge is 2.29. The van der Waals surface area contributed by atoms with Crippen molar-refractivity contribution in [3.05, 3.63) is 38.8 Å². The van der Waals surface area contributed by atoms with E-state index in [4.69, 9.17) is 5.11 Å². The number of hydrogen-bond acceptors (Lipinski definition) is 4. The van der Waals surface area contributed by atoms with E-state index >= 15 is 0 Å². The summed E-state index contributed by atoms with van der Waals surface area (Å²) in [5.41, 5.74) is 1.94. The van der Waals surface area contributed by atoms with Crippen LogP contribution < -0.4 is 10.9 Å². The quantitative estimate of drug-likeness (QED) is 0.757. The molecule has 0 saturated carbocycles. The van der Waals surface area contributed by atoms with E-state index < -0.39 is 34.8 Å². The number of aryl methyl sites for hydroxylation is 1. The van der Waals surface area contributed by atoms with Crippen molar-refractivity contribution in [1.82, 2.24) is 14.5 Å². The number of carboxylic acid groups (broad SMARTS) is 1. The van der Waals surface area contributed by atoms with Gasteiger partial charge in [0.05, 0.1) is 0 Å². The molecule has 2 aromatic heterocycles. The minimum atomic E-state index is -1.23. The van der Waals surface area contributed by atoms with Crippen molar-refractivity contribution >= 4 is 23.5 Å². The highest BCUT2D eigenvalue weighted by atomic mass is 16.4. The summed E-state index contributed by atoms with van der Waals surface area (Å²) < 4.78 is 3.09. The molecular formula is C19H23N3O5. The van der Waals surface area contributed by atoms with Gasteiger partial charge in [-0.15, -0.1) is 0 Å². The Labute approximate surface area is 155 Å². The molecule has 2 aromatic rings.